The third kappa shape index (κ3) is 1.62. The Bertz CT molecular complexity index is 730. The summed E-state index contributed by atoms with van der Waals surface area (Å²) < 4.78 is 1.59. The monoisotopic (exact) mass is 245 g/mol. The summed E-state index contributed by atoms with van der Waals surface area (Å²) in [6.45, 7) is 0. The summed E-state index contributed by atoms with van der Waals surface area (Å²) in [5.41, 5.74) is 2.11. The van der Waals surface area contributed by atoms with E-state index < -0.39 is 0 Å². The van der Waals surface area contributed by atoms with Gasteiger partial charge in [0.25, 0.3) is 0 Å². The maximum Gasteiger partial charge on any atom is 0.331 e. The lowest BCUT2D eigenvalue weighted by Crippen LogP contribution is -2.14. The predicted octanol–water partition coefficient (Wildman–Crippen LogP) is 2.37. The van der Waals surface area contributed by atoms with Gasteiger partial charge in [0, 0.05) is 17.4 Å². The van der Waals surface area contributed by atoms with Crippen molar-refractivity contribution in [2.24, 2.45) is 0 Å². The number of hydrogen-bond donors (Lipinski definition) is 1. The molecule has 2 aromatic heterocycles. The molecular weight excluding hydrogens is 238 g/mol. The molecule has 0 aliphatic carbocycles. The van der Waals surface area contributed by atoms with Gasteiger partial charge in [0.2, 0.25) is 0 Å². The van der Waals surface area contributed by atoms with Crippen molar-refractivity contribution in [1.29, 1.82) is 0 Å². The fourth-order valence-electron chi connectivity index (χ4n) is 1.83. The standard InChI is InChI=1S/C12H8ClN3O/c13-8-1-2-11-10(7-8)15-12(17)16(11)9-3-5-14-6-4-9/h1-7H,(H,15,17). The highest BCUT2D eigenvalue weighted by atomic mass is 35.5. The smallest absolute Gasteiger partial charge is 0.305 e. The van der Waals surface area contributed by atoms with E-state index in [1.54, 1.807) is 41.2 Å². The topological polar surface area (TPSA) is 50.7 Å². The molecule has 17 heavy (non-hydrogen) atoms. The van der Waals surface area contributed by atoms with E-state index in [0.29, 0.717) is 5.02 Å². The van der Waals surface area contributed by atoms with Gasteiger partial charge >= 0.3 is 5.69 Å². The van der Waals surface area contributed by atoms with Gasteiger partial charge in [0.1, 0.15) is 0 Å². The number of H-pyrrole nitrogens is 1. The molecule has 0 amide bonds. The fraction of sp³-hybridized carbons (Fsp3) is 0. The molecule has 5 heteroatoms. The number of nitrogens with one attached hydrogen (secondary N) is 1. The molecule has 0 spiro atoms. The zero-order valence-corrected chi connectivity index (χ0v) is 9.48. The van der Waals surface area contributed by atoms with E-state index in [-0.39, 0.29) is 5.69 Å². The minimum atomic E-state index is -0.187. The van der Waals surface area contributed by atoms with Gasteiger partial charge in [-0.15, -0.1) is 0 Å². The van der Waals surface area contributed by atoms with Crippen LogP contribution in [0.15, 0.2) is 47.5 Å². The minimum Gasteiger partial charge on any atom is -0.305 e. The first kappa shape index (κ1) is 10.1. The molecule has 4 nitrogen and oxygen atoms in total. The Kier molecular flexibility index (Phi) is 2.23. The fourth-order valence-corrected chi connectivity index (χ4v) is 2.01. The van der Waals surface area contributed by atoms with E-state index in [4.69, 9.17) is 11.6 Å². The molecule has 1 aromatic carbocycles. The Morgan fingerprint density at radius 2 is 1.94 bits per heavy atom. The zero-order valence-electron chi connectivity index (χ0n) is 8.72. The average molecular weight is 246 g/mol. The maximum absolute atomic E-state index is 11.9. The van der Waals surface area contributed by atoms with Crippen LogP contribution in [0.3, 0.4) is 0 Å². The lowest BCUT2D eigenvalue weighted by atomic mass is 10.3. The molecular formula is C12H8ClN3O. The molecule has 2 heterocycles. The van der Waals surface area contributed by atoms with Gasteiger partial charge in [-0.05, 0) is 30.3 Å². The van der Waals surface area contributed by atoms with E-state index in [1.807, 2.05) is 6.07 Å². The molecule has 0 fully saturated rings. The number of halogens is 1. The van der Waals surface area contributed by atoms with Crippen LogP contribution in [0.4, 0.5) is 0 Å². The summed E-state index contributed by atoms with van der Waals surface area (Å²) in [5, 5.41) is 0.598. The molecule has 84 valence electrons. The lowest BCUT2D eigenvalue weighted by Gasteiger charge is -2.01. The molecule has 0 saturated heterocycles. The Morgan fingerprint density at radius 3 is 2.71 bits per heavy atom. The molecule has 0 atom stereocenters. The molecule has 3 rings (SSSR count). The number of rotatable bonds is 1. The summed E-state index contributed by atoms with van der Waals surface area (Å²) in [5.74, 6) is 0. The Morgan fingerprint density at radius 1 is 1.18 bits per heavy atom. The Hall–Kier alpha value is -2.07. The van der Waals surface area contributed by atoms with Gasteiger partial charge < -0.3 is 4.98 Å². The Labute approximate surface area is 101 Å². The molecule has 0 saturated carbocycles. The SMILES string of the molecule is O=c1[nH]c2cc(Cl)ccc2n1-c1ccncc1. The van der Waals surface area contributed by atoms with Gasteiger partial charge in [0.05, 0.1) is 16.7 Å². The van der Waals surface area contributed by atoms with Crippen LogP contribution >= 0.6 is 11.6 Å². The van der Waals surface area contributed by atoms with Crippen LogP contribution in [0, 0.1) is 0 Å². The zero-order chi connectivity index (χ0) is 11.8. The molecule has 3 aromatic rings. The lowest BCUT2D eigenvalue weighted by molar-refractivity contribution is 1.01. The number of nitrogens with zero attached hydrogens (tertiary/aromatic N) is 2. The van der Waals surface area contributed by atoms with Gasteiger partial charge in [-0.3, -0.25) is 9.55 Å². The molecule has 1 N–H and O–H groups in total. The molecule has 0 radical (unpaired) electrons. The predicted molar refractivity (Wildman–Crippen MR) is 66.7 cm³/mol. The van der Waals surface area contributed by atoms with Crippen LogP contribution in [0.5, 0.6) is 0 Å². The van der Waals surface area contributed by atoms with Gasteiger partial charge in [0.15, 0.2) is 0 Å². The quantitative estimate of drug-likeness (QED) is 0.716. The van der Waals surface area contributed by atoms with Crippen molar-refractivity contribution in [2.45, 2.75) is 0 Å². The summed E-state index contributed by atoms with van der Waals surface area (Å²) in [6, 6.07) is 8.87. The second-order valence-corrected chi connectivity index (χ2v) is 4.07. The number of aromatic nitrogens is 3. The van der Waals surface area contributed by atoms with E-state index in [9.17, 15) is 4.79 Å². The average Bonchev–Trinajstić information content (AvgIpc) is 2.65. The third-order valence-corrected chi connectivity index (χ3v) is 2.80. The number of hydrogen-bond acceptors (Lipinski definition) is 2. The first-order chi connectivity index (χ1) is 8.25. The first-order valence-electron chi connectivity index (χ1n) is 5.06. The normalized spacial score (nSPS) is 10.9. The van der Waals surface area contributed by atoms with Crippen LogP contribution in [0.1, 0.15) is 0 Å². The molecule has 0 unspecified atom stereocenters. The van der Waals surface area contributed by atoms with E-state index >= 15 is 0 Å². The molecule has 0 bridgehead atoms. The van der Waals surface area contributed by atoms with Crippen LogP contribution in [0.2, 0.25) is 5.02 Å². The van der Waals surface area contributed by atoms with Crippen molar-refractivity contribution < 1.29 is 0 Å². The van der Waals surface area contributed by atoms with E-state index in [2.05, 4.69) is 9.97 Å². The highest BCUT2D eigenvalue weighted by Gasteiger charge is 2.08. The van der Waals surface area contributed by atoms with Crippen molar-refractivity contribution in [3.05, 3.63) is 58.2 Å². The van der Waals surface area contributed by atoms with Gasteiger partial charge in [-0.2, -0.15) is 0 Å². The van der Waals surface area contributed by atoms with Crippen molar-refractivity contribution >= 4 is 22.6 Å². The number of benzene rings is 1. The first-order valence-corrected chi connectivity index (χ1v) is 5.44. The number of fused-ring (bicyclic) bond motifs is 1. The largest absolute Gasteiger partial charge is 0.331 e. The highest BCUT2D eigenvalue weighted by molar-refractivity contribution is 6.31. The van der Waals surface area contributed by atoms with E-state index in [1.165, 1.54) is 0 Å². The van der Waals surface area contributed by atoms with Crippen LogP contribution < -0.4 is 5.69 Å². The maximum atomic E-state index is 11.9. The summed E-state index contributed by atoms with van der Waals surface area (Å²) in [7, 11) is 0. The number of aromatic amines is 1. The van der Waals surface area contributed by atoms with Gasteiger partial charge in [-0.25, -0.2) is 4.79 Å². The Balaban J connectivity index is 2.37. The molecule has 0 aliphatic rings. The van der Waals surface area contributed by atoms with Gasteiger partial charge in [-0.1, -0.05) is 11.6 Å². The van der Waals surface area contributed by atoms with Crippen molar-refractivity contribution in [3.63, 3.8) is 0 Å². The number of pyridine rings is 1. The van der Waals surface area contributed by atoms with Crippen molar-refractivity contribution in [2.75, 3.05) is 0 Å². The van der Waals surface area contributed by atoms with Crippen molar-refractivity contribution in [1.82, 2.24) is 14.5 Å². The van der Waals surface area contributed by atoms with Crippen LogP contribution in [0.25, 0.3) is 16.7 Å². The summed E-state index contributed by atoms with van der Waals surface area (Å²) in [6.07, 6.45) is 3.30. The van der Waals surface area contributed by atoms with Crippen LogP contribution in [-0.4, -0.2) is 14.5 Å². The second-order valence-electron chi connectivity index (χ2n) is 3.63. The number of imidazole rings is 1. The summed E-state index contributed by atoms with van der Waals surface area (Å²) >= 11 is 5.88. The minimum absolute atomic E-state index is 0.187. The van der Waals surface area contributed by atoms with Crippen LogP contribution in [-0.2, 0) is 0 Å². The molecule has 0 aliphatic heterocycles. The third-order valence-electron chi connectivity index (χ3n) is 2.57. The van der Waals surface area contributed by atoms with E-state index in [0.717, 1.165) is 16.7 Å². The van der Waals surface area contributed by atoms with Crippen molar-refractivity contribution in [3.8, 4) is 5.69 Å². The second kappa shape index (κ2) is 3.75. The highest BCUT2D eigenvalue weighted by Crippen LogP contribution is 2.18. The summed E-state index contributed by atoms with van der Waals surface area (Å²) in [4.78, 5) is 18.6.